The number of hydrogen-bond donors (Lipinski definition) is 5. The number of nitrogen functional groups attached to an aromatic ring is 2. The maximum Gasteiger partial charge on any atom is 0.249 e. The number of carbonyl (C=O) groups is 1. The summed E-state index contributed by atoms with van der Waals surface area (Å²) in [5.74, 6) is 1.26. The van der Waals surface area contributed by atoms with Crippen LogP contribution in [0.5, 0.6) is 5.75 Å². The number of morpholine rings is 2. The average molecular weight is 748 g/mol. The van der Waals surface area contributed by atoms with Crippen LogP contribution in [-0.4, -0.2) is 115 Å². The molecular formula is C37H41N13O5. The van der Waals surface area contributed by atoms with Gasteiger partial charge in [0.2, 0.25) is 17.8 Å². The first-order valence-electron chi connectivity index (χ1n) is 17.7. The summed E-state index contributed by atoms with van der Waals surface area (Å²) in [6, 6.07) is 9.09. The van der Waals surface area contributed by atoms with Gasteiger partial charge in [-0.3, -0.25) is 4.79 Å². The largest absolute Gasteiger partial charge is 0.507 e. The molecule has 2 aliphatic heterocycles. The van der Waals surface area contributed by atoms with Crippen LogP contribution in [0, 0.1) is 13.8 Å². The van der Waals surface area contributed by atoms with Gasteiger partial charge in [-0.2, -0.15) is 19.9 Å². The van der Waals surface area contributed by atoms with Crippen molar-refractivity contribution in [3.05, 3.63) is 65.0 Å². The Morgan fingerprint density at radius 2 is 1.27 bits per heavy atom. The second-order valence-electron chi connectivity index (χ2n) is 13.0. The van der Waals surface area contributed by atoms with Crippen molar-refractivity contribution in [2.24, 2.45) is 5.73 Å². The molecular weight excluding hydrogens is 706 g/mol. The summed E-state index contributed by atoms with van der Waals surface area (Å²) >= 11 is 0. The molecule has 2 aromatic carbocycles. The van der Waals surface area contributed by atoms with Gasteiger partial charge in [-0.15, -0.1) is 0 Å². The zero-order chi connectivity index (χ0) is 38.6. The van der Waals surface area contributed by atoms with Crippen LogP contribution in [0.3, 0.4) is 0 Å². The number of nitrogens with two attached hydrogens (primary N) is 3. The predicted octanol–water partition coefficient (Wildman–Crippen LogP) is 1.97. The Morgan fingerprint density at radius 3 is 1.78 bits per heavy atom. The number of ether oxygens (including phenoxy) is 2. The molecule has 1 amide bonds. The highest BCUT2D eigenvalue weighted by Gasteiger charge is 2.22. The first-order chi connectivity index (χ1) is 26.6. The Kier molecular flexibility index (Phi) is 10.7. The molecule has 2 saturated heterocycles. The third kappa shape index (κ3) is 7.82. The van der Waals surface area contributed by atoms with E-state index in [2.05, 4.69) is 34.8 Å². The van der Waals surface area contributed by atoms with Gasteiger partial charge in [0.05, 0.1) is 55.8 Å². The normalized spacial score (nSPS) is 14.5. The molecule has 0 aliphatic carbocycles. The highest BCUT2D eigenvalue weighted by Crippen LogP contribution is 2.31. The minimum Gasteiger partial charge on any atom is -0.507 e. The Balaban J connectivity index is 0.000000170. The topological polar surface area (TPSA) is 264 Å². The summed E-state index contributed by atoms with van der Waals surface area (Å²) in [6.07, 6.45) is 3.51. The van der Waals surface area contributed by atoms with E-state index in [1.807, 2.05) is 30.9 Å². The molecule has 0 atom stereocenters. The van der Waals surface area contributed by atoms with E-state index in [0.717, 1.165) is 29.8 Å². The first kappa shape index (κ1) is 37.0. The van der Waals surface area contributed by atoms with Gasteiger partial charge in [-0.25, -0.2) is 19.9 Å². The molecule has 0 saturated carbocycles. The highest BCUT2D eigenvalue weighted by atomic mass is 16.5. The molecule has 4 aromatic heterocycles. The van der Waals surface area contributed by atoms with Crippen molar-refractivity contribution in [3.8, 4) is 28.3 Å². The van der Waals surface area contributed by atoms with Crippen molar-refractivity contribution in [1.29, 1.82) is 0 Å². The van der Waals surface area contributed by atoms with Crippen LogP contribution in [0.1, 0.15) is 27.0 Å². The van der Waals surface area contributed by atoms with Crippen LogP contribution in [0.2, 0.25) is 0 Å². The predicted molar refractivity (Wildman–Crippen MR) is 206 cm³/mol. The van der Waals surface area contributed by atoms with Crippen molar-refractivity contribution in [3.63, 3.8) is 0 Å². The molecule has 2 fully saturated rings. The van der Waals surface area contributed by atoms with Crippen molar-refractivity contribution < 1.29 is 24.5 Å². The van der Waals surface area contributed by atoms with Crippen LogP contribution in [-0.2, 0) is 15.9 Å². The van der Waals surface area contributed by atoms with Crippen molar-refractivity contribution >= 4 is 51.8 Å². The third-order valence-electron chi connectivity index (χ3n) is 9.27. The van der Waals surface area contributed by atoms with Gasteiger partial charge in [0.1, 0.15) is 5.75 Å². The number of carbonyl (C=O) groups excluding carboxylic acids is 1. The molecule has 0 spiro atoms. The minimum absolute atomic E-state index is 0.0958. The number of amides is 1. The second-order valence-corrected chi connectivity index (χ2v) is 13.0. The fraction of sp³-hybridized carbons (Fsp3) is 0.324. The average Bonchev–Trinajstić information content (AvgIpc) is 3.19. The van der Waals surface area contributed by atoms with Gasteiger partial charge < -0.3 is 46.7 Å². The van der Waals surface area contributed by atoms with E-state index < -0.39 is 5.91 Å². The first-order valence-corrected chi connectivity index (χ1v) is 17.7. The molecule has 0 unspecified atom stereocenters. The van der Waals surface area contributed by atoms with Gasteiger partial charge in [0, 0.05) is 43.9 Å². The van der Waals surface area contributed by atoms with Crippen LogP contribution in [0.25, 0.3) is 44.8 Å². The molecule has 18 heteroatoms. The van der Waals surface area contributed by atoms with E-state index >= 15 is 0 Å². The third-order valence-corrected chi connectivity index (χ3v) is 9.27. The second kappa shape index (κ2) is 15.9. The SMILES string of the molecule is Cc1cc(-c2cnc3nc(N)nc(N4CCOCC4)c3n2)cc(C)c1O.NC(=O)c1c(CCO)cccc1-c1cnc2nc(N)nc(N3CCOCC3)c2n1. The lowest BCUT2D eigenvalue weighted by molar-refractivity contribution is 0.0999. The number of aromatic nitrogens is 8. The van der Waals surface area contributed by atoms with Crippen LogP contribution in [0.15, 0.2) is 42.7 Å². The fourth-order valence-corrected chi connectivity index (χ4v) is 6.62. The number of aliphatic hydroxyl groups is 1. The number of aliphatic hydroxyl groups excluding tert-OH is 1. The quantitative estimate of drug-likeness (QED) is 0.156. The number of fused-ring (bicyclic) bond motifs is 2. The molecule has 2 aliphatic rings. The summed E-state index contributed by atoms with van der Waals surface area (Å²) in [5.41, 5.74) is 24.5. The number of aryl methyl sites for hydroxylation is 2. The summed E-state index contributed by atoms with van der Waals surface area (Å²) in [6.45, 7) is 8.79. The lowest BCUT2D eigenvalue weighted by Gasteiger charge is -2.28. The lowest BCUT2D eigenvalue weighted by atomic mass is 9.96. The molecule has 55 heavy (non-hydrogen) atoms. The van der Waals surface area contributed by atoms with E-state index in [1.54, 1.807) is 24.4 Å². The number of hydrogen-bond acceptors (Lipinski definition) is 17. The van der Waals surface area contributed by atoms with Crippen LogP contribution >= 0.6 is 0 Å². The van der Waals surface area contributed by atoms with Gasteiger partial charge in [-0.05, 0) is 49.1 Å². The summed E-state index contributed by atoms with van der Waals surface area (Å²) in [5, 5.41) is 19.3. The Morgan fingerprint density at radius 1 is 0.764 bits per heavy atom. The van der Waals surface area contributed by atoms with Gasteiger partial charge in [0.15, 0.2) is 34.0 Å². The molecule has 6 heterocycles. The van der Waals surface area contributed by atoms with Crippen LogP contribution in [0.4, 0.5) is 23.5 Å². The molecule has 18 nitrogen and oxygen atoms in total. The fourth-order valence-electron chi connectivity index (χ4n) is 6.62. The number of rotatable bonds is 7. The van der Waals surface area contributed by atoms with E-state index in [0.29, 0.717) is 114 Å². The van der Waals surface area contributed by atoms with Crippen molar-refractivity contribution in [2.45, 2.75) is 20.3 Å². The Labute approximate surface area is 315 Å². The Hall–Kier alpha value is -6.37. The maximum atomic E-state index is 12.1. The molecule has 0 radical (unpaired) electrons. The number of benzene rings is 2. The molecule has 8 N–H and O–H groups in total. The molecule has 284 valence electrons. The van der Waals surface area contributed by atoms with Gasteiger partial charge >= 0.3 is 0 Å². The molecule has 0 bridgehead atoms. The molecule has 6 aromatic rings. The standard InChI is InChI=1S/C19H21N7O3.C18H20N6O2/c20-16(28)14-11(4-7-27)2-1-3-12(14)13-10-22-17-15(23-13)18(25-19(21)24-17)26-5-8-29-9-6-26;1-10-7-12(8-11(2)15(10)25)13-9-20-16-14(21-13)17(23-18(19)22-16)24-3-5-26-6-4-24/h1-3,10,27H,4-9H2,(H2,20,28)(H2,21,22,24,25);7-9,25H,3-6H2,1-2H3,(H2,19,20,22,23). The zero-order valence-corrected chi connectivity index (χ0v) is 30.4. The lowest BCUT2D eigenvalue weighted by Crippen LogP contribution is -2.37. The molecule has 8 rings (SSSR count). The van der Waals surface area contributed by atoms with E-state index in [9.17, 15) is 15.0 Å². The number of anilines is 4. The zero-order valence-electron chi connectivity index (χ0n) is 30.4. The van der Waals surface area contributed by atoms with E-state index in [4.69, 9.17) is 36.6 Å². The minimum atomic E-state index is -0.590. The number of aromatic hydroxyl groups is 1. The monoisotopic (exact) mass is 747 g/mol. The number of nitrogens with zero attached hydrogens (tertiary/aromatic N) is 10. The van der Waals surface area contributed by atoms with E-state index in [1.165, 1.54) is 6.20 Å². The number of phenolic OH excluding ortho intramolecular Hbond substituents is 1. The maximum absolute atomic E-state index is 12.1. The summed E-state index contributed by atoms with van der Waals surface area (Å²) < 4.78 is 10.8. The number of primary amides is 1. The number of phenols is 1. The Bertz CT molecular complexity index is 2360. The van der Waals surface area contributed by atoms with Crippen molar-refractivity contribution in [2.75, 3.05) is 80.5 Å². The smallest absolute Gasteiger partial charge is 0.249 e. The van der Waals surface area contributed by atoms with Crippen molar-refractivity contribution in [1.82, 2.24) is 39.9 Å². The summed E-state index contributed by atoms with van der Waals surface area (Å²) in [7, 11) is 0. The highest BCUT2D eigenvalue weighted by molar-refractivity contribution is 6.01. The van der Waals surface area contributed by atoms with Gasteiger partial charge in [-0.1, -0.05) is 18.2 Å². The van der Waals surface area contributed by atoms with Crippen LogP contribution < -0.4 is 27.0 Å². The summed E-state index contributed by atoms with van der Waals surface area (Å²) in [4.78, 5) is 51.7. The van der Waals surface area contributed by atoms with E-state index in [-0.39, 0.29) is 18.5 Å². The van der Waals surface area contributed by atoms with Gasteiger partial charge in [0.25, 0.3) is 0 Å².